The Morgan fingerprint density at radius 2 is 1.96 bits per heavy atom. The van der Waals surface area contributed by atoms with Crippen LogP contribution >= 0.6 is 0 Å². The van der Waals surface area contributed by atoms with E-state index in [2.05, 4.69) is 34.3 Å². The van der Waals surface area contributed by atoms with Crippen molar-refractivity contribution in [2.24, 2.45) is 7.05 Å². The first kappa shape index (κ1) is 15.4. The molecule has 4 rings (SSSR count). The van der Waals surface area contributed by atoms with Gasteiger partial charge in [0.1, 0.15) is 6.26 Å². The molecule has 0 radical (unpaired) electrons. The molecule has 0 fully saturated rings. The molecule has 0 saturated heterocycles. The quantitative estimate of drug-likeness (QED) is 0.690. The molecule has 1 aliphatic heterocycles. The van der Waals surface area contributed by atoms with Crippen LogP contribution in [0.1, 0.15) is 17.0 Å². The zero-order chi connectivity index (χ0) is 17.6. The third-order valence-corrected chi connectivity index (χ3v) is 4.84. The number of fused-ring (bicyclic) bond motifs is 3. The largest absolute Gasteiger partial charge is 0.513 e. The van der Waals surface area contributed by atoms with Gasteiger partial charge >= 0.3 is 0 Å². The highest BCUT2D eigenvalue weighted by atomic mass is 16.2. The van der Waals surface area contributed by atoms with Gasteiger partial charge in [-0.15, -0.1) is 0 Å². The van der Waals surface area contributed by atoms with Crippen molar-refractivity contribution < 1.29 is 5.11 Å². The molecule has 1 N–H and O–H groups in total. The van der Waals surface area contributed by atoms with Gasteiger partial charge in [-0.2, -0.15) is 5.10 Å². The van der Waals surface area contributed by atoms with E-state index in [1.165, 1.54) is 11.8 Å². The maximum Gasteiger partial charge on any atom is 0.105 e. The molecule has 0 spiro atoms. The van der Waals surface area contributed by atoms with E-state index in [0.717, 1.165) is 45.9 Å². The van der Waals surface area contributed by atoms with Gasteiger partial charge in [0.15, 0.2) is 0 Å². The van der Waals surface area contributed by atoms with E-state index in [0.29, 0.717) is 0 Å². The lowest BCUT2D eigenvalue weighted by Crippen LogP contribution is -2.17. The third-order valence-electron chi connectivity index (χ3n) is 4.84. The Kier molecular flexibility index (Phi) is 3.57. The number of aliphatic hydroxyl groups excluding tert-OH is 1. The van der Waals surface area contributed by atoms with E-state index in [1.54, 1.807) is 0 Å². The number of hydrogen-bond donors (Lipinski definition) is 1. The minimum Gasteiger partial charge on any atom is -0.513 e. The Bertz CT molecular complexity index is 987. The smallest absolute Gasteiger partial charge is 0.105 e. The van der Waals surface area contributed by atoms with Gasteiger partial charge in [0.05, 0.1) is 17.6 Å². The lowest BCUT2D eigenvalue weighted by molar-refractivity contribution is 0.426. The van der Waals surface area contributed by atoms with Crippen LogP contribution in [0.5, 0.6) is 0 Å². The molecule has 25 heavy (non-hydrogen) atoms. The van der Waals surface area contributed by atoms with Crippen LogP contribution in [-0.2, 0) is 13.6 Å². The lowest BCUT2D eigenvalue weighted by Gasteiger charge is -2.20. The number of nitrogens with zero attached hydrogens (tertiary/aromatic N) is 4. The topological polar surface area (TPSA) is 54.2 Å². The second-order valence-electron chi connectivity index (χ2n) is 6.41. The Labute approximate surface area is 146 Å². The molecule has 0 atom stereocenters. The van der Waals surface area contributed by atoms with Crippen LogP contribution in [0, 0.1) is 6.92 Å². The molecule has 1 aliphatic rings. The standard InChI is InChI=1S/C20H20N4O/c1-13-16(5-4-8-21-13)14-6-7-15-11-23(2)19(12-25)20-18(17(15)9-14)10-22-24(20)3/h4-10,12,25H,11H2,1-3H3. The van der Waals surface area contributed by atoms with Gasteiger partial charge in [-0.25, -0.2) is 0 Å². The first-order chi connectivity index (χ1) is 12.1. The number of rotatable bonds is 1. The summed E-state index contributed by atoms with van der Waals surface area (Å²) in [7, 11) is 3.88. The summed E-state index contributed by atoms with van der Waals surface area (Å²) < 4.78 is 1.81. The second kappa shape index (κ2) is 5.77. The number of hydrogen-bond acceptors (Lipinski definition) is 4. The van der Waals surface area contributed by atoms with E-state index >= 15 is 0 Å². The Morgan fingerprint density at radius 3 is 2.72 bits per heavy atom. The summed E-state index contributed by atoms with van der Waals surface area (Å²) in [6.45, 7) is 2.75. The minimum atomic E-state index is 0.725. The highest BCUT2D eigenvalue weighted by Gasteiger charge is 2.25. The van der Waals surface area contributed by atoms with Crippen molar-refractivity contribution in [1.82, 2.24) is 19.7 Å². The monoisotopic (exact) mass is 332 g/mol. The fourth-order valence-electron chi connectivity index (χ4n) is 3.54. The van der Waals surface area contributed by atoms with Crippen molar-refractivity contribution >= 4 is 5.70 Å². The predicted octanol–water partition coefficient (Wildman–Crippen LogP) is 3.76. The number of aliphatic hydroxyl groups is 1. The van der Waals surface area contributed by atoms with E-state index in [1.807, 2.05) is 49.1 Å². The minimum absolute atomic E-state index is 0.725. The summed E-state index contributed by atoms with van der Waals surface area (Å²) in [6.07, 6.45) is 4.85. The third kappa shape index (κ3) is 2.39. The maximum absolute atomic E-state index is 9.77. The number of benzene rings is 1. The molecule has 5 heteroatoms. The first-order valence-electron chi connectivity index (χ1n) is 8.23. The highest BCUT2D eigenvalue weighted by molar-refractivity contribution is 5.84. The lowest BCUT2D eigenvalue weighted by atomic mass is 9.95. The molecule has 3 heterocycles. The van der Waals surface area contributed by atoms with E-state index in [9.17, 15) is 5.11 Å². The fourth-order valence-corrected chi connectivity index (χ4v) is 3.54. The SMILES string of the molecule is Cc1ncccc1-c1ccc2c(c1)-c1cnn(C)c1C(=CO)N(C)C2. The molecule has 0 unspecified atom stereocenters. The van der Waals surface area contributed by atoms with E-state index in [4.69, 9.17) is 0 Å². The molecule has 0 saturated carbocycles. The van der Waals surface area contributed by atoms with Crippen LogP contribution < -0.4 is 0 Å². The molecule has 1 aromatic carbocycles. The summed E-state index contributed by atoms with van der Waals surface area (Å²) in [5.74, 6) is 0. The Morgan fingerprint density at radius 1 is 1.12 bits per heavy atom. The maximum atomic E-state index is 9.77. The zero-order valence-electron chi connectivity index (χ0n) is 14.6. The molecule has 0 aliphatic carbocycles. The molecule has 5 nitrogen and oxygen atoms in total. The van der Waals surface area contributed by atoms with Gasteiger partial charge in [0, 0.05) is 43.7 Å². The molecule has 3 aromatic rings. The average Bonchev–Trinajstić information content (AvgIpc) is 2.92. The van der Waals surface area contributed by atoms with Crippen molar-refractivity contribution in [3.63, 3.8) is 0 Å². The molecule has 0 bridgehead atoms. The van der Waals surface area contributed by atoms with Gasteiger partial charge in [-0.3, -0.25) is 9.67 Å². The summed E-state index contributed by atoms with van der Waals surface area (Å²) in [6, 6.07) is 10.6. The van der Waals surface area contributed by atoms with Crippen molar-refractivity contribution in [3.05, 3.63) is 65.9 Å². The van der Waals surface area contributed by atoms with Crippen molar-refractivity contribution in [2.45, 2.75) is 13.5 Å². The average molecular weight is 332 g/mol. The van der Waals surface area contributed by atoms with E-state index in [-0.39, 0.29) is 0 Å². The number of pyridine rings is 1. The normalized spacial score (nSPS) is 15.0. The predicted molar refractivity (Wildman–Crippen MR) is 98.7 cm³/mol. The Hall–Kier alpha value is -3.08. The highest BCUT2D eigenvalue weighted by Crippen LogP contribution is 2.39. The van der Waals surface area contributed by atoms with Crippen molar-refractivity contribution in [3.8, 4) is 22.3 Å². The van der Waals surface area contributed by atoms with Crippen LogP contribution in [0.3, 0.4) is 0 Å². The van der Waals surface area contributed by atoms with Gasteiger partial charge in [0.2, 0.25) is 0 Å². The summed E-state index contributed by atoms with van der Waals surface area (Å²) in [5, 5.41) is 14.2. The van der Waals surface area contributed by atoms with Crippen LogP contribution in [0.25, 0.3) is 28.0 Å². The van der Waals surface area contributed by atoms with Crippen molar-refractivity contribution in [1.29, 1.82) is 0 Å². The van der Waals surface area contributed by atoms with Crippen LogP contribution in [0.15, 0.2) is 49.0 Å². The Balaban J connectivity index is 1.97. The summed E-state index contributed by atoms with van der Waals surface area (Å²) >= 11 is 0. The summed E-state index contributed by atoms with van der Waals surface area (Å²) in [4.78, 5) is 6.45. The van der Waals surface area contributed by atoms with Crippen LogP contribution in [0.4, 0.5) is 0 Å². The zero-order valence-corrected chi connectivity index (χ0v) is 14.6. The number of aryl methyl sites for hydroxylation is 2. The van der Waals surface area contributed by atoms with Crippen molar-refractivity contribution in [2.75, 3.05) is 7.05 Å². The second-order valence-corrected chi connectivity index (χ2v) is 6.41. The molecular weight excluding hydrogens is 312 g/mol. The summed E-state index contributed by atoms with van der Waals surface area (Å²) in [5.41, 5.74) is 8.35. The van der Waals surface area contributed by atoms with E-state index < -0.39 is 0 Å². The van der Waals surface area contributed by atoms with Gasteiger partial charge in [-0.05, 0) is 35.7 Å². The van der Waals surface area contributed by atoms with Crippen LogP contribution in [0.2, 0.25) is 0 Å². The van der Waals surface area contributed by atoms with Gasteiger partial charge in [-0.1, -0.05) is 18.2 Å². The van der Waals surface area contributed by atoms with Gasteiger partial charge < -0.3 is 10.0 Å². The molecular formula is C20H20N4O. The van der Waals surface area contributed by atoms with Gasteiger partial charge in [0.25, 0.3) is 0 Å². The fraction of sp³-hybridized carbons (Fsp3) is 0.200. The van der Waals surface area contributed by atoms with Crippen LogP contribution in [-0.4, -0.2) is 31.8 Å². The molecule has 126 valence electrons. The number of aromatic nitrogens is 3. The molecule has 2 aromatic heterocycles. The molecule has 0 amide bonds. The first-order valence-corrected chi connectivity index (χ1v) is 8.23.